The zero-order valence-corrected chi connectivity index (χ0v) is 13.2. The van der Waals surface area contributed by atoms with Crippen molar-refractivity contribution < 1.29 is 9.90 Å². The van der Waals surface area contributed by atoms with Crippen LogP contribution in [-0.4, -0.2) is 72.7 Å². The van der Waals surface area contributed by atoms with Crippen LogP contribution in [0.1, 0.15) is 26.2 Å². The summed E-state index contributed by atoms with van der Waals surface area (Å²) in [5, 5.41) is 12.4. The van der Waals surface area contributed by atoms with Crippen LogP contribution in [0.25, 0.3) is 0 Å². The zero-order chi connectivity index (χ0) is 13.7. The molecular weight excluding hydrogens is 278 g/mol. The number of piperidine rings is 1. The van der Waals surface area contributed by atoms with Crippen LogP contribution < -0.4 is 5.32 Å². The number of carboxylic acid groups (broad SMARTS) is 1. The fourth-order valence-corrected chi connectivity index (χ4v) is 3.21. The zero-order valence-electron chi connectivity index (χ0n) is 12.4. The van der Waals surface area contributed by atoms with Crippen molar-refractivity contribution in [3.8, 4) is 0 Å². The molecule has 0 amide bonds. The van der Waals surface area contributed by atoms with E-state index in [1.54, 1.807) is 0 Å². The molecule has 0 radical (unpaired) electrons. The van der Waals surface area contributed by atoms with Gasteiger partial charge in [-0.2, -0.15) is 0 Å². The summed E-state index contributed by atoms with van der Waals surface area (Å²) in [7, 11) is 0. The molecule has 0 aromatic rings. The number of carboxylic acids is 1. The lowest BCUT2D eigenvalue weighted by atomic mass is 9.96. The molecule has 2 fully saturated rings. The number of carbonyl (C=O) groups is 1. The standard InChI is InChI=1S/C14H27N3O2.ClH/c1-2-13(17-9-5-15-6-10-17)11-16-7-3-12(4-8-16)14(18)19;/h12-13,15H,2-11H2,1H3,(H,18,19);1H. The van der Waals surface area contributed by atoms with E-state index >= 15 is 0 Å². The van der Waals surface area contributed by atoms with Crippen molar-refractivity contribution in [3.63, 3.8) is 0 Å². The first-order valence-electron chi connectivity index (χ1n) is 7.60. The summed E-state index contributed by atoms with van der Waals surface area (Å²) in [5.74, 6) is -0.732. The fourth-order valence-electron chi connectivity index (χ4n) is 3.21. The number of piperazine rings is 1. The van der Waals surface area contributed by atoms with Gasteiger partial charge in [0.25, 0.3) is 0 Å². The third-order valence-electron chi connectivity index (χ3n) is 4.55. The molecule has 0 aromatic carbocycles. The predicted molar refractivity (Wildman–Crippen MR) is 82.6 cm³/mol. The molecule has 1 unspecified atom stereocenters. The lowest BCUT2D eigenvalue weighted by Crippen LogP contribution is -2.52. The number of rotatable bonds is 5. The number of halogens is 1. The Morgan fingerprint density at radius 1 is 1.25 bits per heavy atom. The van der Waals surface area contributed by atoms with Crippen LogP contribution in [0.2, 0.25) is 0 Å². The van der Waals surface area contributed by atoms with Crippen LogP contribution in [-0.2, 0) is 4.79 Å². The summed E-state index contributed by atoms with van der Waals surface area (Å²) in [5.41, 5.74) is 0. The van der Waals surface area contributed by atoms with Crippen LogP contribution in [0.4, 0.5) is 0 Å². The van der Waals surface area contributed by atoms with Gasteiger partial charge in [-0.05, 0) is 32.4 Å². The number of aliphatic carboxylic acids is 1. The molecule has 2 aliphatic rings. The molecule has 6 heteroatoms. The number of hydrogen-bond acceptors (Lipinski definition) is 4. The first kappa shape index (κ1) is 17.7. The van der Waals surface area contributed by atoms with E-state index < -0.39 is 5.97 Å². The number of nitrogens with one attached hydrogen (secondary N) is 1. The van der Waals surface area contributed by atoms with E-state index in [2.05, 4.69) is 22.0 Å². The molecule has 2 saturated heterocycles. The minimum Gasteiger partial charge on any atom is -0.481 e. The molecule has 0 spiro atoms. The third kappa shape index (κ3) is 4.88. The average Bonchev–Trinajstić information content (AvgIpc) is 2.46. The Morgan fingerprint density at radius 3 is 2.35 bits per heavy atom. The molecule has 1 atom stereocenters. The van der Waals surface area contributed by atoms with Crippen LogP contribution in [0.3, 0.4) is 0 Å². The second-order valence-electron chi connectivity index (χ2n) is 5.76. The maximum Gasteiger partial charge on any atom is 0.306 e. The highest BCUT2D eigenvalue weighted by Gasteiger charge is 2.27. The third-order valence-corrected chi connectivity index (χ3v) is 4.55. The summed E-state index contributed by atoms with van der Waals surface area (Å²) in [6.07, 6.45) is 2.81. The summed E-state index contributed by atoms with van der Waals surface area (Å²) in [6.45, 7) is 9.72. The van der Waals surface area contributed by atoms with Gasteiger partial charge in [0.15, 0.2) is 0 Å². The summed E-state index contributed by atoms with van der Waals surface area (Å²) >= 11 is 0. The van der Waals surface area contributed by atoms with E-state index in [9.17, 15) is 4.79 Å². The molecular formula is C14H28ClN3O2. The van der Waals surface area contributed by atoms with E-state index in [0.717, 1.165) is 58.7 Å². The largest absolute Gasteiger partial charge is 0.481 e. The van der Waals surface area contributed by atoms with Crippen molar-refractivity contribution in [1.82, 2.24) is 15.1 Å². The van der Waals surface area contributed by atoms with Crippen molar-refractivity contribution in [3.05, 3.63) is 0 Å². The van der Waals surface area contributed by atoms with Crippen molar-refractivity contribution in [2.75, 3.05) is 45.8 Å². The lowest BCUT2D eigenvalue weighted by Gasteiger charge is -2.39. The van der Waals surface area contributed by atoms with E-state index in [4.69, 9.17) is 5.11 Å². The van der Waals surface area contributed by atoms with E-state index in [1.165, 1.54) is 6.42 Å². The van der Waals surface area contributed by atoms with Gasteiger partial charge < -0.3 is 15.3 Å². The molecule has 2 aliphatic heterocycles. The summed E-state index contributed by atoms with van der Waals surface area (Å²) in [4.78, 5) is 16.0. The van der Waals surface area contributed by atoms with Gasteiger partial charge in [0.1, 0.15) is 0 Å². The minimum absolute atomic E-state index is 0. The highest BCUT2D eigenvalue weighted by Crippen LogP contribution is 2.19. The van der Waals surface area contributed by atoms with Crippen molar-refractivity contribution in [2.24, 2.45) is 5.92 Å². The first-order chi connectivity index (χ1) is 9.20. The lowest BCUT2D eigenvalue weighted by molar-refractivity contribution is -0.143. The Hall–Kier alpha value is -0.360. The van der Waals surface area contributed by atoms with Crippen LogP contribution in [0.15, 0.2) is 0 Å². The molecule has 0 saturated carbocycles. The SMILES string of the molecule is CCC(CN1CCC(C(=O)O)CC1)N1CCNCC1.Cl. The molecule has 0 aromatic heterocycles. The maximum absolute atomic E-state index is 11.0. The highest BCUT2D eigenvalue weighted by molar-refractivity contribution is 5.85. The van der Waals surface area contributed by atoms with Gasteiger partial charge in [-0.25, -0.2) is 0 Å². The number of likely N-dealkylation sites (tertiary alicyclic amines) is 1. The van der Waals surface area contributed by atoms with Gasteiger partial charge >= 0.3 is 5.97 Å². The Balaban J connectivity index is 0.00000200. The maximum atomic E-state index is 11.0. The molecule has 2 rings (SSSR count). The van der Waals surface area contributed by atoms with Gasteiger partial charge in [0.05, 0.1) is 5.92 Å². The topological polar surface area (TPSA) is 55.8 Å². The van der Waals surface area contributed by atoms with Crippen LogP contribution in [0, 0.1) is 5.92 Å². The van der Waals surface area contributed by atoms with Gasteiger partial charge in [-0.1, -0.05) is 6.92 Å². The Morgan fingerprint density at radius 2 is 1.85 bits per heavy atom. The Labute approximate surface area is 128 Å². The van der Waals surface area contributed by atoms with Gasteiger partial charge in [-0.15, -0.1) is 12.4 Å². The van der Waals surface area contributed by atoms with Gasteiger partial charge in [0, 0.05) is 38.8 Å². The molecule has 0 bridgehead atoms. The Kier molecular flexibility index (Phi) is 7.80. The predicted octanol–water partition coefficient (Wildman–Crippen LogP) is 0.889. The second kappa shape index (κ2) is 8.82. The van der Waals surface area contributed by atoms with Crippen LogP contribution >= 0.6 is 12.4 Å². The normalized spacial score (nSPS) is 24.1. The first-order valence-corrected chi connectivity index (χ1v) is 7.60. The van der Waals surface area contributed by atoms with Gasteiger partial charge in [-0.3, -0.25) is 9.69 Å². The highest BCUT2D eigenvalue weighted by atomic mass is 35.5. The second-order valence-corrected chi connectivity index (χ2v) is 5.76. The van der Waals surface area contributed by atoms with E-state index in [-0.39, 0.29) is 18.3 Å². The molecule has 118 valence electrons. The van der Waals surface area contributed by atoms with Crippen molar-refractivity contribution in [2.45, 2.75) is 32.2 Å². The molecule has 20 heavy (non-hydrogen) atoms. The monoisotopic (exact) mass is 305 g/mol. The number of hydrogen-bond donors (Lipinski definition) is 2. The molecule has 2 heterocycles. The molecule has 0 aliphatic carbocycles. The van der Waals surface area contributed by atoms with Crippen molar-refractivity contribution in [1.29, 1.82) is 0 Å². The van der Waals surface area contributed by atoms with Crippen LogP contribution in [0.5, 0.6) is 0 Å². The Bertz CT molecular complexity index is 290. The quantitative estimate of drug-likeness (QED) is 0.790. The average molecular weight is 306 g/mol. The van der Waals surface area contributed by atoms with Crippen molar-refractivity contribution >= 4 is 18.4 Å². The van der Waals surface area contributed by atoms with E-state index in [0.29, 0.717) is 6.04 Å². The molecule has 5 nitrogen and oxygen atoms in total. The summed E-state index contributed by atoms with van der Waals surface area (Å²) < 4.78 is 0. The summed E-state index contributed by atoms with van der Waals surface area (Å²) in [6, 6.07) is 0.628. The number of nitrogens with zero attached hydrogens (tertiary/aromatic N) is 2. The fraction of sp³-hybridized carbons (Fsp3) is 0.929. The smallest absolute Gasteiger partial charge is 0.306 e. The minimum atomic E-state index is -0.617. The van der Waals surface area contributed by atoms with E-state index in [1.807, 2.05) is 0 Å². The molecule has 2 N–H and O–H groups in total. The van der Waals surface area contributed by atoms with Gasteiger partial charge in [0.2, 0.25) is 0 Å².